The molecule has 86 valence electrons. The zero-order chi connectivity index (χ0) is 12.0. The molecule has 0 aromatic carbocycles. The molecule has 16 heavy (non-hydrogen) atoms. The Morgan fingerprint density at radius 1 is 1.75 bits per heavy atom. The quantitative estimate of drug-likeness (QED) is 0.348. The Morgan fingerprint density at radius 2 is 2.50 bits per heavy atom. The number of carbonyl (C=O) groups is 1. The molecule has 1 aromatic heterocycles. The van der Waals surface area contributed by atoms with Gasteiger partial charge in [-0.05, 0) is 18.0 Å². The van der Waals surface area contributed by atoms with Crippen molar-refractivity contribution in [2.24, 2.45) is 12.2 Å². The van der Waals surface area contributed by atoms with Crippen LogP contribution in [0.4, 0.5) is 0 Å². The van der Waals surface area contributed by atoms with Crippen LogP contribution in [0.3, 0.4) is 0 Å². The third-order valence-corrected chi connectivity index (χ3v) is 2.09. The van der Waals surface area contributed by atoms with E-state index in [4.69, 9.17) is 5.53 Å². The first kappa shape index (κ1) is 12.1. The predicted octanol–water partition coefficient (Wildman–Crippen LogP) is 1.02. The molecule has 1 heterocycles. The van der Waals surface area contributed by atoms with Crippen LogP contribution in [-0.2, 0) is 13.5 Å². The molecule has 0 unspecified atom stereocenters. The summed E-state index contributed by atoms with van der Waals surface area (Å²) in [5.74, 6) is -0.206. The Morgan fingerprint density at radius 3 is 3.06 bits per heavy atom. The minimum atomic E-state index is -0.206. The largest absolute Gasteiger partial charge is 0.351 e. The fourth-order valence-electron chi connectivity index (χ4n) is 1.27. The van der Waals surface area contributed by atoms with Gasteiger partial charge in [-0.15, -0.1) is 0 Å². The SMILES string of the molecule is CCc1cc(C(=O)NCCN=[N+]=[N-])n(C)n1. The number of aryl methyl sites for hydroxylation is 2. The number of hydrogen-bond acceptors (Lipinski definition) is 3. The average Bonchev–Trinajstić information content (AvgIpc) is 2.66. The molecule has 0 aliphatic carbocycles. The average molecular weight is 222 g/mol. The van der Waals surface area contributed by atoms with Crippen molar-refractivity contribution in [2.75, 3.05) is 13.1 Å². The summed E-state index contributed by atoms with van der Waals surface area (Å²) in [6.45, 7) is 2.56. The number of hydrogen-bond donors (Lipinski definition) is 1. The highest BCUT2D eigenvalue weighted by molar-refractivity contribution is 5.92. The number of nitrogens with zero attached hydrogens (tertiary/aromatic N) is 5. The lowest BCUT2D eigenvalue weighted by Gasteiger charge is -2.02. The van der Waals surface area contributed by atoms with E-state index in [-0.39, 0.29) is 12.5 Å². The van der Waals surface area contributed by atoms with Crippen LogP contribution in [0.2, 0.25) is 0 Å². The van der Waals surface area contributed by atoms with Crippen molar-refractivity contribution in [1.29, 1.82) is 0 Å². The van der Waals surface area contributed by atoms with Gasteiger partial charge in [-0.2, -0.15) is 5.10 Å². The maximum Gasteiger partial charge on any atom is 0.269 e. The molecule has 0 bridgehead atoms. The van der Waals surface area contributed by atoms with E-state index in [0.717, 1.165) is 12.1 Å². The van der Waals surface area contributed by atoms with Crippen molar-refractivity contribution < 1.29 is 4.79 Å². The van der Waals surface area contributed by atoms with Gasteiger partial charge in [0.2, 0.25) is 0 Å². The van der Waals surface area contributed by atoms with Gasteiger partial charge in [-0.25, -0.2) is 0 Å². The summed E-state index contributed by atoms with van der Waals surface area (Å²) >= 11 is 0. The van der Waals surface area contributed by atoms with Gasteiger partial charge in [0, 0.05) is 25.0 Å². The second-order valence-electron chi connectivity index (χ2n) is 3.21. The first-order valence-electron chi connectivity index (χ1n) is 5.01. The molecule has 0 fully saturated rings. The van der Waals surface area contributed by atoms with Gasteiger partial charge in [-0.3, -0.25) is 9.48 Å². The smallest absolute Gasteiger partial charge is 0.269 e. The minimum absolute atomic E-state index is 0.206. The Balaban J connectivity index is 2.58. The molecular formula is C9H14N6O. The molecule has 7 nitrogen and oxygen atoms in total. The van der Waals surface area contributed by atoms with Crippen LogP contribution in [0, 0.1) is 0 Å². The topological polar surface area (TPSA) is 95.7 Å². The number of carbonyl (C=O) groups excluding carboxylic acids is 1. The summed E-state index contributed by atoms with van der Waals surface area (Å²) in [5, 5.41) is 10.1. The van der Waals surface area contributed by atoms with Crippen LogP contribution >= 0.6 is 0 Å². The highest BCUT2D eigenvalue weighted by atomic mass is 16.2. The summed E-state index contributed by atoms with van der Waals surface area (Å²) in [6.07, 6.45) is 0.792. The lowest BCUT2D eigenvalue weighted by atomic mass is 10.3. The predicted molar refractivity (Wildman–Crippen MR) is 58.9 cm³/mol. The van der Waals surface area contributed by atoms with Gasteiger partial charge in [0.1, 0.15) is 5.69 Å². The minimum Gasteiger partial charge on any atom is -0.351 e. The summed E-state index contributed by atoms with van der Waals surface area (Å²) < 4.78 is 1.54. The van der Waals surface area contributed by atoms with Gasteiger partial charge in [0.25, 0.3) is 5.91 Å². The lowest BCUT2D eigenvalue weighted by molar-refractivity contribution is 0.0945. The summed E-state index contributed by atoms with van der Waals surface area (Å²) in [6, 6.07) is 1.75. The molecule has 0 saturated carbocycles. The Kier molecular flexibility index (Phi) is 4.35. The van der Waals surface area contributed by atoms with Crippen LogP contribution in [0.15, 0.2) is 11.2 Å². The second kappa shape index (κ2) is 5.77. The third-order valence-electron chi connectivity index (χ3n) is 2.09. The molecule has 7 heteroatoms. The van der Waals surface area contributed by atoms with E-state index in [1.165, 1.54) is 0 Å². The van der Waals surface area contributed by atoms with Crippen LogP contribution < -0.4 is 5.32 Å². The molecule has 0 atom stereocenters. The normalized spacial score (nSPS) is 9.62. The Labute approximate surface area is 93.1 Å². The van der Waals surface area contributed by atoms with Crippen molar-refractivity contribution >= 4 is 5.91 Å². The molecule has 1 rings (SSSR count). The zero-order valence-electron chi connectivity index (χ0n) is 9.34. The molecule has 1 amide bonds. The number of rotatable bonds is 5. The summed E-state index contributed by atoms with van der Waals surface area (Å²) in [5.41, 5.74) is 9.45. The first-order valence-corrected chi connectivity index (χ1v) is 5.01. The Hall–Kier alpha value is -2.01. The van der Waals surface area contributed by atoms with Crippen molar-refractivity contribution in [3.63, 3.8) is 0 Å². The molecule has 0 spiro atoms. The number of azide groups is 1. The molecule has 1 aromatic rings. The van der Waals surface area contributed by atoms with E-state index in [2.05, 4.69) is 20.4 Å². The van der Waals surface area contributed by atoms with Crippen LogP contribution in [0.25, 0.3) is 10.4 Å². The van der Waals surface area contributed by atoms with Gasteiger partial charge in [0.05, 0.1) is 5.69 Å². The molecule has 0 aliphatic heterocycles. The maximum atomic E-state index is 11.7. The van der Waals surface area contributed by atoms with Crippen LogP contribution in [-0.4, -0.2) is 28.8 Å². The maximum absolute atomic E-state index is 11.7. The first-order chi connectivity index (χ1) is 7.69. The van der Waals surface area contributed by atoms with E-state index >= 15 is 0 Å². The zero-order valence-corrected chi connectivity index (χ0v) is 9.34. The molecule has 0 radical (unpaired) electrons. The fraction of sp³-hybridized carbons (Fsp3) is 0.556. The Bertz CT molecular complexity index is 418. The molecular weight excluding hydrogens is 208 g/mol. The van der Waals surface area contributed by atoms with Gasteiger partial charge in [-0.1, -0.05) is 12.0 Å². The summed E-state index contributed by atoms with van der Waals surface area (Å²) in [4.78, 5) is 14.2. The fourth-order valence-corrected chi connectivity index (χ4v) is 1.27. The van der Waals surface area contributed by atoms with Gasteiger partial charge in [0.15, 0.2) is 0 Å². The highest BCUT2D eigenvalue weighted by Gasteiger charge is 2.11. The lowest BCUT2D eigenvalue weighted by Crippen LogP contribution is -2.27. The summed E-state index contributed by atoms with van der Waals surface area (Å²) in [7, 11) is 1.72. The molecule has 0 saturated heterocycles. The van der Waals surface area contributed by atoms with E-state index < -0.39 is 0 Å². The second-order valence-corrected chi connectivity index (χ2v) is 3.21. The highest BCUT2D eigenvalue weighted by Crippen LogP contribution is 2.03. The van der Waals surface area contributed by atoms with Crippen LogP contribution in [0.1, 0.15) is 23.1 Å². The van der Waals surface area contributed by atoms with E-state index in [1.807, 2.05) is 6.92 Å². The standard InChI is InChI=1S/C9H14N6O/c1-3-7-6-8(15(2)13-7)9(16)11-4-5-12-14-10/h6H,3-5H2,1-2H3,(H,11,16). The number of amides is 1. The molecule has 1 N–H and O–H groups in total. The monoisotopic (exact) mass is 222 g/mol. The number of aromatic nitrogens is 2. The van der Waals surface area contributed by atoms with E-state index in [1.54, 1.807) is 17.8 Å². The van der Waals surface area contributed by atoms with Crippen LogP contribution in [0.5, 0.6) is 0 Å². The third kappa shape index (κ3) is 2.99. The molecule has 0 aliphatic rings. The van der Waals surface area contributed by atoms with Crippen molar-refractivity contribution in [3.8, 4) is 0 Å². The van der Waals surface area contributed by atoms with E-state index in [9.17, 15) is 4.79 Å². The van der Waals surface area contributed by atoms with Crippen molar-refractivity contribution in [1.82, 2.24) is 15.1 Å². The van der Waals surface area contributed by atoms with Gasteiger partial charge >= 0.3 is 0 Å². The number of nitrogens with one attached hydrogen (secondary N) is 1. The van der Waals surface area contributed by atoms with Crippen molar-refractivity contribution in [3.05, 3.63) is 27.9 Å². The van der Waals surface area contributed by atoms with Gasteiger partial charge < -0.3 is 5.32 Å². The van der Waals surface area contributed by atoms with Crippen molar-refractivity contribution in [2.45, 2.75) is 13.3 Å². The van der Waals surface area contributed by atoms with E-state index in [0.29, 0.717) is 12.2 Å².